The SMILES string of the molecule is CC(C)(C)c1nnc(Cl)n1-c1cc(Cl)cc(C(F)(F)F)c1. The number of benzene rings is 1. The minimum absolute atomic E-state index is 0.0182. The third-order valence-corrected chi connectivity index (χ3v) is 3.23. The maximum absolute atomic E-state index is 12.9. The molecule has 8 heteroatoms. The van der Waals surface area contributed by atoms with Crippen LogP contribution in [-0.4, -0.2) is 14.8 Å². The van der Waals surface area contributed by atoms with E-state index in [0.717, 1.165) is 12.1 Å². The average molecular weight is 338 g/mol. The molecule has 0 saturated heterocycles. The van der Waals surface area contributed by atoms with E-state index >= 15 is 0 Å². The Morgan fingerprint density at radius 1 is 1.00 bits per heavy atom. The smallest absolute Gasteiger partial charge is 0.269 e. The first-order valence-electron chi connectivity index (χ1n) is 5.99. The predicted molar refractivity (Wildman–Crippen MR) is 75.1 cm³/mol. The molecular formula is C13H12Cl2F3N3. The van der Waals surface area contributed by atoms with Crippen molar-refractivity contribution in [3.63, 3.8) is 0 Å². The van der Waals surface area contributed by atoms with Gasteiger partial charge in [-0.15, -0.1) is 10.2 Å². The molecular weight excluding hydrogens is 326 g/mol. The summed E-state index contributed by atoms with van der Waals surface area (Å²) in [6.45, 7) is 5.58. The Morgan fingerprint density at radius 2 is 1.62 bits per heavy atom. The Bertz CT molecular complexity index is 672. The van der Waals surface area contributed by atoms with Gasteiger partial charge in [0.25, 0.3) is 0 Å². The highest BCUT2D eigenvalue weighted by atomic mass is 35.5. The summed E-state index contributed by atoms with van der Waals surface area (Å²) < 4.78 is 40.0. The van der Waals surface area contributed by atoms with Crippen LogP contribution in [0.2, 0.25) is 10.3 Å². The second-order valence-corrected chi connectivity index (χ2v) is 6.35. The van der Waals surface area contributed by atoms with Gasteiger partial charge in [-0.05, 0) is 29.8 Å². The number of nitrogens with zero attached hydrogens (tertiary/aromatic N) is 3. The molecule has 0 atom stereocenters. The molecule has 0 N–H and O–H groups in total. The highest BCUT2D eigenvalue weighted by molar-refractivity contribution is 6.31. The molecule has 0 fully saturated rings. The van der Waals surface area contributed by atoms with Gasteiger partial charge in [0.05, 0.1) is 11.3 Å². The zero-order valence-corrected chi connectivity index (χ0v) is 13.0. The van der Waals surface area contributed by atoms with Gasteiger partial charge < -0.3 is 0 Å². The summed E-state index contributed by atoms with van der Waals surface area (Å²) in [6, 6.07) is 3.22. The predicted octanol–water partition coefficient (Wildman–Crippen LogP) is 4.89. The number of alkyl halides is 3. The van der Waals surface area contributed by atoms with Crippen LogP contribution in [0.4, 0.5) is 13.2 Å². The first kappa shape index (κ1) is 16.1. The molecule has 0 amide bonds. The van der Waals surface area contributed by atoms with Crippen LogP contribution in [0.25, 0.3) is 5.69 Å². The molecule has 0 spiro atoms. The lowest BCUT2D eigenvalue weighted by molar-refractivity contribution is -0.137. The first-order chi connectivity index (χ1) is 9.50. The molecule has 1 aromatic heterocycles. The van der Waals surface area contributed by atoms with Crippen molar-refractivity contribution in [2.75, 3.05) is 0 Å². The van der Waals surface area contributed by atoms with Crippen molar-refractivity contribution in [1.29, 1.82) is 0 Å². The molecule has 2 aromatic rings. The van der Waals surface area contributed by atoms with Crippen LogP contribution < -0.4 is 0 Å². The molecule has 0 bridgehead atoms. The van der Waals surface area contributed by atoms with E-state index in [2.05, 4.69) is 10.2 Å². The fourth-order valence-electron chi connectivity index (χ4n) is 1.85. The van der Waals surface area contributed by atoms with Crippen LogP contribution in [-0.2, 0) is 11.6 Å². The molecule has 21 heavy (non-hydrogen) atoms. The third kappa shape index (κ3) is 3.32. The van der Waals surface area contributed by atoms with Crippen molar-refractivity contribution in [2.45, 2.75) is 32.4 Å². The summed E-state index contributed by atoms with van der Waals surface area (Å²) in [6.07, 6.45) is -4.50. The van der Waals surface area contributed by atoms with Gasteiger partial charge in [0.15, 0.2) is 0 Å². The molecule has 0 unspecified atom stereocenters. The molecule has 0 radical (unpaired) electrons. The number of rotatable bonds is 1. The molecule has 0 aliphatic rings. The fourth-order valence-corrected chi connectivity index (χ4v) is 2.29. The van der Waals surface area contributed by atoms with Gasteiger partial charge in [0, 0.05) is 10.4 Å². The van der Waals surface area contributed by atoms with Crippen molar-refractivity contribution in [1.82, 2.24) is 14.8 Å². The van der Waals surface area contributed by atoms with Crippen LogP contribution >= 0.6 is 23.2 Å². The van der Waals surface area contributed by atoms with E-state index in [0.29, 0.717) is 5.82 Å². The molecule has 1 heterocycles. The van der Waals surface area contributed by atoms with E-state index in [4.69, 9.17) is 23.2 Å². The van der Waals surface area contributed by atoms with E-state index in [1.54, 1.807) is 0 Å². The van der Waals surface area contributed by atoms with Crippen molar-refractivity contribution in [3.8, 4) is 5.69 Å². The number of hydrogen-bond donors (Lipinski definition) is 0. The molecule has 0 aliphatic heterocycles. The molecule has 114 valence electrons. The largest absolute Gasteiger partial charge is 0.416 e. The third-order valence-electron chi connectivity index (χ3n) is 2.76. The minimum atomic E-state index is -4.50. The Kier molecular flexibility index (Phi) is 3.97. The van der Waals surface area contributed by atoms with Crippen LogP contribution in [0.3, 0.4) is 0 Å². The standard InChI is InChI=1S/C13H12Cl2F3N3/c1-12(2,3)10-19-20-11(15)21(10)9-5-7(13(16,17)18)4-8(14)6-9/h4-6H,1-3H3. The summed E-state index contributed by atoms with van der Waals surface area (Å²) in [4.78, 5) is 0. The molecule has 3 nitrogen and oxygen atoms in total. The normalized spacial score (nSPS) is 12.8. The Labute approximate surface area is 129 Å². The topological polar surface area (TPSA) is 30.7 Å². The second kappa shape index (κ2) is 5.18. The van der Waals surface area contributed by atoms with Gasteiger partial charge in [-0.1, -0.05) is 32.4 Å². The van der Waals surface area contributed by atoms with Gasteiger partial charge in [-0.3, -0.25) is 4.57 Å². The Morgan fingerprint density at radius 3 is 2.14 bits per heavy atom. The monoisotopic (exact) mass is 337 g/mol. The lowest BCUT2D eigenvalue weighted by atomic mass is 9.95. The summed E-state index contributed by atoms with van der Waals surface area (Å²) >= 11 is 11.8. The van der Waals surface area contributed by atoms with Crippen molar-refractivity contribution in [3.05, 3.63) is 39.9 Å². The lowest BCUT2D eigenvalue weighted by Crippen LogP contribution is -2.18. The zero-order chi connectivity index (χ0) is 16.0. The lowest BCUT2D eigenvalue weighted by Gasteiger charge is -2.20. The molecule has 0 aliphatic carbocycles. The van der Waals surface area contributed by atoms with Crippen LogP contribution in [0.5, 0.6) is 0 Å². The van der Waals surface area contributed by atoms with Crippen LogP contribution in [0, 0.1) is 0 Å². The van der Waals surface area contributed by atoms with Gasteiger partial charge in [0.2, 0.25) is 5.28 Å². The minimum Gasteiger partial charge on any atom is -0.269 e. The number of hydrogen-bond acceptors (Lipinski definition) is 2. The van der Waals surface area contributed by atoms with E-state index in [-0.39, 0.29) is 16.0 Å². The van der Waals surface area contributed by atoms with Crippen molar-refractivity contribution in [2.24, 2.45) is 0 Å². The van der Waals surface area contributed by atoms with E-state index in [1.165, 1.54) is 10.6 Å². The maximum atomic E-state index is 12.9. The summed E-state index contributed by atoms with van der Waals surface area (Å²) in [5, 5.41) is 7.62. The number of halogens is 5. The highest BCUT2D eigenvalue weighted by Gasteiger charge is 2.32. The van der Waals surface area contributed by atoms with Gasteiger partial charge >= 0.3 is 6.18 Å². The van der Waals surface area contributed by atoms with Crippen molar-refractivity contribution < 1.29 is 13.2 Å². The summed E-state index contributed by atoms with van der Waals surface area (Å²) in [5.41, 5.74) is -1.12. The maximum Gasteiger partial charge on any atom is 0.416 e. The molecule has 1 aromatic carbocycles. The van der Waals surface area contributed by atoms with Gasteiger partial charge in [0.1, 0.15) is 5.82 Å². The zero-order valence-electron chi connectivity index (χ0n) is 11.5. The molecule has 2 rings (SSSR count). The second-order valence-electron chi connectivity index (χ2n) is 5.57. The van der Waals surface area contributed by atoms with Crippen LogP contribution in [0.1, 0.15) is 32.2 Å². The number of aromatic nitrogens is 3. The highest BCUT2D eigenvalue weighted by Crippen LogP contribution is 2.34. The molecule has 0 saturated carbocycles. The van der Waals surface area contributed by atoms with Gasteiger partial charge in [-0.25, -0.2) is 0 Å². The summed E-state index contributed by atoms with van der Waals surface area (Å²) in [5.74, 6) is 0.447. The van der Waals surface area contributed by atoms with E-state index in [1.807, 2.05) is 20.8 Å². The van der Waals surface area contributed by atoms with E-state index < -0.39 is 17.2 Å². The quantitative estimate of drug-likeness (QED) is 0.741. The Hall–Kier alpha value is -1.27. The van der Waals surface area contributed by atoms with Gasteiger partial charge in [-0.2, -0.15) is 13.2 Å². The van der Waals surface area contributed by atoms with Crippen molar-refractivity contribution >= 4 is 23.2 Å². The summed E-state index contributed by atoms with van der Waals surface area (Å²) in [7, 11) is 0. The fraction of sp³-hybridized carbons (Fsp3) is 0.385. The van der Waals surface area contributed by atoms with E-state index in [9.17, 15) is 13.2 Å². The van der Waals surface area contributed by atoms with Crippen LogP contribution in [0.15, 0.2) is 18.2 Å². The first-order valence-corrected chi connectivity index (χ1v) is 6.75. The Balaban J connectivity index is 2.69. The average Bonchev–Trinajstić information content (AvgIpc) is 2.68.